The van der Waals surface area contributed by atoms with E-state index < -0.39 is 12.2 Å². The molecule has 100 valence electrons. The molecule has 1 aromatic heterocycles. The molecule has 1 saturated heterocycles. The largest absolute Gasteiger partial charge is 0.297 e. The number of fused-ring (bicyclic) bond motifs is 1. The molecule has 1 aliphatic rings. The molecule has 0 saturated carbocycles. The van der Waals surface area contributed by atoms with Gasteiger partial charge in [-0.15, -0.1) is 0 Å². The van der Waals surface area contributed by atoms with Crippen LogP contribution in [0.15, 0.2) is 24.3 Å². The van der Waals surface area contributed by atoms with Gasteiger partial charge in [-0.1, -0.05) is 12.1 Å². The zero-order chi connectivity index (χ0) is 13.2. The van der Waals surface area contributed by atoms with E-state index in [4.69, 9.17) is 4.84 Å². The number of para-hydroxylation sites is 1. The SMILES string of the molecule is FC(F)c1nc(N2CCCCO2)c2ccccc2n1. The Morgan fingerprint density at radius 1 is 1.16 bits per heavy atom. The topological polar surface area (TPSA) is 38.2 Å². The molecule has 0 atom stereocenters. The number of anilines is 1. The van der Waals surface area contributed by atoms with E-state index in [1.165, 1.54) is 0 Å². The van der Waals surface area contributed by atoms with Crippen molar-refractivity contribution in [1.82, 2.24) is 9.97 Å². The van der Waals surface area contributed by atoms with E-state index in [-0.39, 0.29) is 0 Å². The van der Waals surface area contributed by atoms with Crippen molar-refractivity contribution in [2.24, 2.45) is 0 Å². The van der Waals surface area contributed by atoms with Crippen LogP contribution in [0.25, 0.3) is 10.9 Å². The van der Waals surface area contributed by atoms with E-state index >= 15 is 0 Å². The molecular weight excluding hydrogens is 252 g/mol. The second kappa shape index (κ2) is 5.05. The third kappa shape index (κ3) is 2.35. The number of hydroxylamine groups is 1. The molecule has 1 aromatic carbocycles. The molecule has 0 spiro atoms. The number of halogens is 2. The zero-order valence-corrected chi connectivity index (χ0v) is 10.2. The number of alkyl halides is 2. The number of benzene rings is 1. The Labute approximate surface area is 109 Å². The Morgan fingerprint density at radius 3 is 2.74 bits per heavy atom. The van der Waals surface area contributed by atoms with Crippen LogP contribution in [-0.4, -0.2) is 23.1 Å². The first-order valence-corrected chi connectivity index (χ1v) is 6.21. The average molecular weight is 265 g/mol. The van der Waals surface area contributed by atoms with Crippen LogP contribution in [0.2, 0.25) is 0 Å². The summed E-state index contributed by atoms with van der Waals surface area (Å²) >= 11 is 0. The maximum atomic E-state index is 12.9. The smallest absolute Gasteiger partial charge is 0.272 e. The summed E-state index contributed by atoms with van der Waals surface area (Å²) in [7, 11) is 0. The van der Waals surface area contributed by atoms with Gasteiger partial charge in [-0.05, 0) is 25.0 Å². The van der Waals surface area contributed by atoms with Gasteiger partial charge >= 0.3 is 0 Å². The molecule has 0 N–H and O–H groups in total. The zero-order valence-electron chi connectivity index (χ0n) is 10.2. The summed E-state index contributed by atoms with van der Waals surface area (Å²) in [6.07, 6.45) is -0.753. The van der Waals surface area contributed by atoms with Crippen molar-refractivity contribution in [2.45, 2.75) is 19.3 Å². The molecule has 19 heavy (non-hydrogen) atoms. The van der Waals surface area contributed by atoms with Gasteiger partial charge < -0.3 is 0 Å². The molecule has 1 fully saturated rings. The number of rotatable bonds is 2. The fourth-order valence-electron chi connectivity index (χ4n) is 2.13. The molecule has 0 unspecified atom stereocenters. The Hall–Kier alpha value is -1.82. The number of hydrogen-bond donors (Lipinski definition) is 0. The molecule has 3 rings (SSSR count). The van der Waals surface area contributed by atoms with Gasteiger partial charge in [0.25, 0.3) is 6.43 Å². The average Bonchev–Trinajstić information content (AvgIpc) is 2.47. The highest BCUT2D eigenvalue weighted by Gasteiger charge is 2.20. The highest BCUT2D eigenvalue weighted by molar-refractivity contribution is 5.89. The van der Waals surface area contributed by atoms with Crippen molar-refractivity contribution in [3.8, 4) is 0 Å². The van der Waals surface area contributed by atoms with E-state index in [2.05, 4.69) is 9.97 Å². The molecule has 4 nitrogen and oxygen atoms in total. The second-order valence-corrected chi connectivity index (χ2v) is 4.37. The van der Waals surface area contributed by atoms with Gasteiger partial charge in [0.1, 0.15) is 0 Å². The van der Waals surface area contributed by atoms with Crippen LogP contribution in [0.5, 0.6) is 0 Å². The molecule has 0 bridgehead atoms. The lowest BCUT2D eigenvalue weighted by molar-refractivity contribution is 0.0759. The number of nitrogens with zero attached hydrogens (tertiary/aromatic N) is 3. The Bertz CT molecular complexity index is 585. The Balaban J connectivity index is 2.14. The van der Waals surface area contributed by atoms with Crippen molar-refractivity contribution in [1.29, 1.82) is 0 Å². The van der Waals surface area contributed by atoms with Crippen molar-refractivity contribution < 1.29 is 13.6 Å². The lowest BCUT2D eigenvalue weighted by Gasteiger charge is -2.27. The number of aromatic nitrogens is 2. The first kappa shape index (κ1) is 12.2. The third-order valence-electron chi connectivity index (χ3n) is 3.03. The van der Waals surface area contributed by atoms with Crippen molar-refractivity contribution in [2.75, 3.05) is 18.2 Å². The van der Waals surface area contributed by atoms with Gasteiger partial charge in [-0.3, -0.25) is 4.84 Å². The first-order valence-electron chi connectivity index (χ1n) is 6.21. The van der Waals surface area contributed by atoms with Gasteiger partial charge in [0.15, 0.2) is 11.6 Å². The van der Waals surface area contributed by atoms with E-state index in [0.29, 0.717) is 24.5 Å². The van der Waals surface area contributed by atoms with Crippen LogP contribution in [-0.2, 0) is 4.84 Å². The van der Waals surface area contributed by atoms with E-state index in [9.17, 15) is 8.78 Å². The normalized spacial score (nSPS) is 16.3. The van der Waals surface area contributed by atoms with E-state index in [1.54, 1.807) is 17.2 Å². The van der Waals surface area contributed by atoms with Gasteiger partial charge in [0.2, 0.25) is 0 Å². The summed E-state index contributed by atoms with van der Waals surface area (Å²) in [5.41, 5.74) is 0.511. The van der Waals surface area contributed by atoms with Crippen LogP contribution in [0, 0.1) is 0 Å². The molecule has 0 amide bonds. The van der Waals surface area contributed by atoms with Crippen molar-refractivity contribution in [3.63, 3.8) is 0 Å². The van der Waals surface area contributed by atoms with Gasteiger partial charge in [0.05, 0.1) is 12.1 Å². The van der Waals surface area contributed by atoms with E-state index in [0.717, 1.165) is 18.2 Å². The molecule has 6 heteroatoms. The van der Waals surface area contributed by atoms with Crippen LogP contribution < -0.4 is 5.06 Å². The van der Waals surface area contributed by atoms with Crippen molar-refractivity contribution in [3.05, 3.63) is 30.1 Å². The fraction of sp³-hybridized carbons (Fsp3) is 0.385. The summed E-state index contributed by atoms with van der Waals surface area (Å²) in [6.45, 7) is 1.24. The predicted octanol–water partition coefficient (Wildman–Crippen LogP) is 3.10. The minimum absolute atomic E-state index is 0.431. The monoisotopic (exact) mass is 265 g/mol. The standard InChI is InChI=1S/C13H13F2N3O/c14-11(15)12-16-10-6-2-1-5-9(10)13(17-12)18-7-3-4-8-19-18/h1-2,5-6,11H,3-4,7-8H2. The molecule has 0 aliphatic carbocycles. The molecule has 1 aliphatic heterocycles. The summed E-state index contributed by atoms with van der Waals surface area (Å²) in [4.78, 5) is 13.4. The van der Waals surface area contributed by atoms with Gasteiger partial charge in [-0.2, -0.15) is 0 Å². The number of hydrogen-bond acceptors (Lipinski definition) is 4. The van der Waals surface area contributed by atoms with E-state index in [1.807, 2.05) is 12.1 Å². The minimum atomic E-state index is -2.69. The molecule has 0 radical (unpaired) electrons. The van der Waals surface area contributed by atoms with Gasteiger partial charge in [0, 0.05) is 11.9 Å². The van der Waals surface area contributed by atoms with Crippen molar-refractivity contribution >= 4 is 16.7 Å². The minimum Gasteiger partial charge on any atom is -0.272 e. The van der Waals surface area contributed by atoms with Crippen LogP contribution >= 0.6 is 0 Å². The Kier molecular flexibility index (Phi) is 3.25. The molecule has 2 aromatic rings. The van der Waals surface area contributed by atoms with Crippen LogP contribution in [0.1, 0.15) is 25.1 Å². The maximum Gasteiger partial charge on any atom is 0.297 e. The highest BCUT2D eigenvalue weighted by Crippen LogP contribution is 2.28. The highest BCUT2D eigenvalue weighted by atomic mass is 19.3. The third-order valence-corrected chi connectivity index (χ3v) is 3.03. The Morgan fingerprint density at radius 2 is 2.00 bits per heavy atom. The summed E-state index contributed by atoms with van der Waals surface area (Å²) < 4.78 is 25.7. The fourth-order valence-corrected chi connectivity index (χ4v) is 2.13. The molecule has 2 heterocycles. The lowest BCUT2D eigenvalue weighted by atomic mass is 10.2. The second-order valence-electron chi connectivity index (χ2n) is 4.37. The summed E-state index contributed by atoms with van der Waals surface area (Å²) in [6, 6.07) is 7.13. The van der Waals surface area contributed by atoms with Crippen LogP contribution in [0.4, 0.5) is 14.6 Å². The molecular formula is C13H13F2N3O. The van der Waals surface area contributed by atoms with Crippen LogP contribution in [0.3, 0.4) is 0 Å². The predicted molar refractivity (Wildman–Crippen MR) is 67.0 cm³/mol. The summed E-state index contributed by atoms with van der Waals surface area (Å²) in [5.74, 6) is -0.0246. The summed E-state index contributed by atoms with van der Waals surface area (Å²) in [5, 5.41) is 2.33. The quantitative estimate of drug-likeness (QED) is 0.836. The van der Waals surface area contributed by atoms with Gasteiger partial charge in [-0.25, -0.2) is 23.8 Å². The lowest BCUT2D eigenvalue weighted by Crippen LogP contribution is -2.31. The maximum absolute atomic E-state index is 12.9. The first-order chi connectivity index (χ1) is 9.25.